The molecule has 10 heteroatoms. The lowest BCUT2D eigenvalue weighted by atomic mass is 10.2. The summed E-state index contributed by atoms with van der Waals surface area (Å²) < 4.78 is 1.66. The molecular weight excluding hydrogens is 342 g/mol. The lowest BCUT2D eigenvalue weighted by Gasteiger charge is -2.02. The monoisotopic (exact) mass is 353 g/mol. The highest BCUT2D eigenvalue weighted by Crippen LogP contribution is 2.25. The Balaban J connectivity index is 1.53. The number of thiazole rings is 1. The lowest BCUT2D eigenvalue weighted by Crippen LogP contribution is -2.12. The lowest BCUT2D eigenvalue weighted by molar-refractivity contribution is 0.0994. The van der Waals surface area contributed by atoms with E-state index in [1.807, 2.05) is 0 Å². The second-order valence-corrected chi connectivity index (χ2v) is 6.03. The van der Waals surface area contributed by atoms with E-state index in [4.69, 9.17) is 5.73 Å². The Morgan fingerprint density at radius 1 is 1.32 bits per heavy atom. The molecule has 4 aromatic heterocycles. The number of hydrogen-bond acceptors (Lipinski definition) is 6. The minimum atomic E-state index is -0.542. The van der Waals surface area contributed by atoms with Crippen molar-refractivity contribution in [3.05, 3.63) is 53.6 Å². The third-order valence-electron chi connectivity index (χ3n) is 3.52. The Hall–Kier alpha value is -3.53. The number of rotatable bonds is 4. The van der Waals surface area contributed by atoms with Crippen LogP contribution in [-0.4, -0.2) is 36.4 Å². The molecule has 0 aliphatic heterocycles. The molecule has 9 nitrogen and oxygen atoms in total. The van der Waals surface area contributed by atoms with E-state index >= 15 is 0 Å². The molecule has 0 bridgehead atoms. The molecule has 124 valence electrons. The average molecular weight is 353 g/mol. The number of hydrogen-bond donors (Lipinski definition) is 3. The summed E-state index contributed by atoms with van der Waals surface area (Å²) in [4.78, 5) is 30.6. The van der Waals surface area contributed by atoms with Gasteiger partial charge in [0.05, 0.1) is 11.3 Å². The summed E-state index contributed by atoms with van der Waals surface area (Å²) in [5.41, 5.74) is 7.99. The fourth-order valence-electron chi connectivity index (χ4n) is 2.28. The first-order chi connectivity index (χ1) is 12.1. The smallest absolute Gasteiger partial charge is 0.265 e. The van der Waals surface area contributed by atoms with Crippen molar-refractivity contribution in [2.45, 2.75) is 0 Å². The molecule has 0 aliphatic carbocycles. The molecule has 0 unspecified atom stereocenters. The van der Waals surface area contributed by atoms with Gasteiger partial charge in [-0.1, -0.05) is 0 Å². The molecule has 0 aromatic carbocycles. The second kappa shape index (κ2) is 5.83. The Kier molecular flexibility index (Phi) is 3.51. The zero-order valence-electron chi connectivity index (χ0n) is 12.6. The highest BCUT2D eigenvalue weighted by atomic mass is 32.1. The number of amides is 2. The third kappa shape index (κ3) is 2.85. The summed E-state index contributed by atoms with van der Waals surface area (Å²) >= 11 is 1.29. The van der Waals surface area contributed by atoms with Crippen molar-refractivity contribution in [3.63, 3.8) is 0 Å². The molecule has 0 radical (unpaired) electrons. The van der Waals surface area contributed by atoms with Crippen LogP contribution >= 0.6 is 11.3 Å². The number of anilines is 1. The van der Waals surface area contributed by atoms with Crippen molar-refractivity contribution in [3.8, 4) is 11.3 Å². The van der Waals surface area contributed by atoms with Gasteiger partial charge in [0.15, 0.2) is 10.8 Å². The second-order valence-electron chi connectivity index (χ2n) is 5.17. The van der Waals surface area contributed by atoms with E-state index in [0.29, 0.717) is 27.7 Å². The van der Waals surface area contributed by atoms with Crippen LogP contribution in [0.25, 0.3) is 16.9 Å². The highest BCUT2D eigenvalue weighted by Gasteiger charge is 2.13. The summed E-state index contributed by atoms with van der Waals surface area (Å²) in [7, 11) is 0. The summed E-state index contributed by atoms with van der Waals surface area (Å²) in [5, 5.41) is 12.6. The molecule has 0 saturated carbocycles. The average Bonchev–Trinajstić information content (AvgIpc) is 3.33. The molecule has 0 saturated heterocycles. The maximum atomic E-state index is 12.4. The van der Waals surface area contributed by atoms with Crippen LogP contribution in [0.4, 0.5) is 5.13 Å². The molecular formula is C15H11N7O2S. The first-order valence-electron chi connectivity index (χ1n) is 7.15. The van der Waals surface area contributed by atoms with Crippen molar-refractivity contribution in [2.24, 2.45) is 5.73 Å². The van der Waals surface area contributed by atoms with Gasteiger partial charge in [-0.3, -0.25) is 19.3 Å². The number of carbonyl (C=O) groups is 2. The molecule has 4 N–H and O–H groups in total. The van der Waals surface area contributed by atoms with E-state index in [-0.39, 0.29) is 5.91 Å². The van der Waals surface area contributed by atoms with E-state index in [9.17, 15) is 9.59 Å². The molecule has 4 aromatic rings. The fraction of sp³-hybridized carbons (Fsp3) is 0. The summed E-state index contributed by atoms with van der Waals surface area (Å²) in [6.45, 7) is 0. The fourth-order valence-corrected chi connectivity index (χ4v) is 2.99. The third-order valence-corrected chi connectivity index (χ3v) is 4.28. The van der Waals surface area contributed by atoms with E-state index in [1.54, 1.807) is 40.4 Å². The van der Waals surface area contributed by atoms with Crippen LogP contribution in [0.15, 0.2) is 42.3 Å². The minimum Gasteiger partial charge on any atom is -0.364 e. The van der Waals surface area contributed by atoms with Gasteiger partial charge in [0, 0.05) is 23.3 Å². The molecule has 4 rings (SSSR count). The Morgan fingerprint density at radius 3 is 3.00 bits per heavy atom. The van der Waals surface area contributed by atoms with Gasteiger partial charge in [-0.2, -0.15) is 0 Å². The predicted molar refractivity (Wildman–Crippen MR) is 91.4 cm³/mol. The zero-order valence-corrected chi connectivity index (χ0v) is 13.4. The molecule has 2 amide bonds. The Morgan fingerprint density at radius 2 is 2.20 bits per heavy atom. The maximum absolute atomic E-state index is 12.4. The molecule has 4 heterocycles. The predicted octanol–water partition coefficient (Wildman–Crippen LogP) is 1.53. The van der Waals surface area contributed by atoms with Gasteiger partial charge in [-0.05, 0) is 18.2 Å². The van der Waals surface area contributed by atoms with Gasteiger partial charge < -0.3 is 10.7 Å². The van der Waals surface area contributed by atoms with Crippen molar-refractivity contribution < 1.29 is 9.59 Å². The number of pyridine rings is 1. The van der Waals surface area contributed by atoms with Gasteiger partial charge in [-0.25, -0.2) is 4.98 Å². The quantitative estimate of drug-likeness (QED) is 0.512. The Bertz CT molecular complexity index is 1090. The largest absolute Gasteiger partial charge is 0.364 e. The summed E-state index contributed by atoms with van der Waals surface area (Å²) in [6.07, 6.45) is 4.81. The number of H-pyrrole nitrogens is 1. The normalized spacial score (nSPS) is 10.9. The topological polar surface area (TPSA) is 131 Å². The zero-order chi connectivity index (χ0) is 17.4. The standard InChI is InChI=1S/C15H11N7O2S/c16-13(23)10-3-9(4-17-10)11-6-25-15(19-11)20-14(24)8-1-2-12-21-18-7-22(12)5-8/h1-7,17H,(H2,16,23)(H,19,20,24). The van der Waals surface area contributed by atoms with E-state index in [0.717, 1.165) is 5.56 Å². The number of fused-ring (bicyclic) bond motifs is 1. The Labute approximate surface area is 144 Å². The summed E-state index contributed by atoms with van der Waals surface area (Å²) in [5.74, 6) is -0.831. The molecule has 0 spiro atoms. The van der Waals surface area contributed by atoms with Crippen molar-refractivity contribution >= 4 is 33.9 Å². The van der Waals surface area contributed by atoms with E-state index < -0.39 is 5.91 Å². The first kappa shape index (κ1) is 15.0. The van der Waals surface area contributed by atoms with Crippen molar-refractivity contribution in [1.82, 2.24) is 24.6 Å². The SMILES string of the molecule is NC(=O)c1cc(-c2csc(NC(=O)c3ccc4nncn4c3)n2)c[nH]1. The summed E-state index contributed by atoms with van der Waals surface area (Å²) in [6, 6.07) is 4.99. The van der Waals surface area contributed by atoms with Crippen LogP contribution in [0.5, 0.6) is 0 Å². The number of nitrogens with one attached hydrogen (secondary N) is 2. The number of nitrogens with zero attached hydrogens (tertiary/aromatic N) is 4. The van der Waals surface area contributed by atoms with E-state index in [1.165, 1.54) is 17.7 Å². The number of primary amides is 1. The number of aromatic amines is 1. The van der Waals surface area contributed by atoms with Crippen LogP contribution in [0.3, 0.4) is 0 Å². The van der Waals surface area contributed by atoms with Gasteiger partial charge in [0.2, 0.25) is 0 Å². The molecule has 0 aliphatic rings. The van der Waals surface area contributed by atoms with Gasteiger partial charge in [0.1, 0.15) is 12.0 Å². The number of carbonyl (C=O) groups excluding carboxylic acids is 2. The minimum absolute atomic E-state index is 0.289. The van der Waals surface area contributed by atoms with Crippen LogP contribution in [0.1, 0.15) is 20.8 Å². The van der Waals surface area contributed by atoms with Crippen molar-refractivity contribution in [1.29, 1.82) is 0 Å². The molecule has 0 fully saturated rings. The van der Waals surface area contributed by atoms with Crippen LogP contribution in [0, 0.1) is 0 Å². The van der Waals surface area contributed by atoms with Crippen molar-refractivity contribution in [2.75, 3.05) is 5.32 Å². The molecule has 0 atom stereocenters. The van der Waals surface area contributed by atoms with Gasteiger partial charge in [0.25, 0.3) is 11.8 Å². The number of nitrogens with two attached hydrogens (primary N) is 1. The highest BCUT2D eigenvalue weighted by molar-refractivity contribution is 7.14. The van der Waals surface area contributed by atoms with Crippen LogP contribution < -0.4 is 11.1 Å². The number of aromatic nitrogens is 5. The van der Waals surface area contributed by atoms with Gasteiger partial charge in [-0.15, -0.1) is 21.5 Å². The maximum Gasteiger partial charge on any atom is 0.265 e. The van der Waals surface area contributed by atoms with Crippen LogP contribution in [0.2, 0.25) is 0 Å². The van der Waals surface area contributed by atoms with Crippen LogP contribution in [-0.2, 0) is 0 Å². The van der Waals surface area contributed by atoms with Gasteiger partial charge >= 0.3 is 0 Å². The first-order valence-corrected chi connectivity index (χ1v) is 8.03. The van der Waals surface area contributed by atoms with E-state index in [2.05, 4.69) is 25.5 Å². The molecule has 25 heavy (non-hydrogen) atoms.